The molecule has 122 valence electrons. The van der Waals surface area contributed by atoms with Gasteiger partial charge in [0, 0.05) is 30.9 Å². The molecule has 0 saturated carbocycles. The van der Waals surface area contributed by atoms with Crippen LogP contribution in [0.15, 0.2) is 36.7 Å². The third-order valence-corrected chi connectivity index (χ3v) is 4.11. The molecule has 0 amide bonds. The van der Waals surface area contributed by atoms with Crippen molar-refractivity contribution in [1.29, 1.82) is 0 Å². The first-order chi connectivity index (χ1) is 11.1. The Balaban J connectivity index is 1.63. The predicted octanol–water partition coefficient (Wildman–Crippen LogP) is 3.12. The van der Waals surface area contributed by atoms with Crippen molar-refractivity contribution in [1.82, 2.24) is 9.88 Å². The quantitative estimate of drug-likeness (QED) is 0.812. The number of carbonyl (C=O) groups excluding carboxylic acids is 1. The number of ether oxygens (including phenoxy) is 1. The van der Waals surface area contributed by atoms with Gasteiger partial charge in [-0.3, -0.25) is 9.88 Å². The fraction of sp³-hybridized carbons (Fsp3) is 0.412. The van der Waals surface area contributed by atoms with Crippen molar-refractivity contribution in [2.45, 2.75) is 25.4 Å². The monoisotopic (exact) mass is 320 g/mol. The van der Waals surface area contributed by atoms with Crippen LogP contribution in [0.1, 0.15) is 23.2 Å². The number of nitrogens with zero attached hydrogens (tertiary/aromatic N) is 2. The number of likely N-dealkylation sites (tertiary alicyclic amines) is 1. The van der Waals surface area contributed by atoms with E-state index in [2.05, 4.69) is 4.98 Å². The summed E-state index contributed by atoms with van der Waals surface area (Å²) in [6.07, 6.45) is 1.99. The number of rotatable bonds is 4. The first-order valence-corrected chi connectivity index (χ1v) is 7.67. The lowest BCUT2D eigenvalue weighted by Crippen LogP contribution is -2.40. The van der Waals surface area contributed by atoms with E-state index in [1.807, 2.05) is 6.07 Å². The summed E-state index contributed by atoms with van der Waals surface area (Å²) in [5.41, 5.74) is 0.514. The van der Waals surface area contributed by atoms with E-state index in [0.717, 1.165) is 10.8 Å². The van der Waals surface area contributed by atoms with Crippen molar-refractivity contribution >= 4 is 16.7 Å². The molecular weight excluding hydrogens is 302 g/mol. The molecule has 23 heavy (non-hydrogen) atoms. The van der Waals surface area contributed by atoms with Crippen LogP contribution in [0.3, 0.4) is 0 Å². The lowest BCUT2D eigenvalue weighted by atomic mass is 10.1. The maximum Gasteiger partial charge on any atom is 0.339 e. The van der Waals surface area contributed by atoms with Crippen molar-refractivity contribution in [2.75, 3.05) is 19.6 Å². The minimum Gasteiger partial charge on any atom is -0.459 e. The molecule has 0 aliphatic carbocycles. The van der Waals surface area contributed by atoms with Crippen LogP contribution in [0.4, 0.5) is 8.78 Å². The van der Waals surface area contributed by atoms with Crippen molar-refractivity contribution in [2.24, 2.45) is 0 Å². The summed E-state index contributed by atoms with van der Waals surface area (Å²) >= 11 is 0. The Labute approximate surface area is 133 Å². The average Bonchev–Trinajstić information content (AvgIpc) is 2.55. The molecule has 1 aromatic heterocycles. The van der Waals surface area contributed by atoms with Crippen LogP contribution in [-0.4, -0.2) is 48.0 Å². The minimum atomic E-state index is -2.32. The zero-order valence-corrected chi connectivity index (χ0v) is 12.6. The van der Waals surface area contributed by atoms with Crippen LogP contribution >= 0.6 is 0 Å². The van der Waals surface area contributed by atoms with Crippen LogP contribution in [0.5, 0.6) is 0 Å². The summed E-state index contributed by atoms with van der Waals surface area (Å²) in [5.74, 6) is -0.367. The number of halogens is 2. The van der Waals surface area contributed by atoms with Gasteiger partial charge in [0.05, 0.1) is 12.1 Å². The normalized spacial score (nSPS) is 16.8. The highest BCUT2D eigenvalue weighted by Gasteiger charge is 2.24. The standard InChI is InChI=1S/C17H18F2N2O2/c18-16(19)11-21-8-5-13(6-9-21)23-17(22)15-3-1-2-12-10-20-7-4-14(12)15/h1-4,7,10,13,16H,5-6,8-9,11H2. The number of aromatic nitrogens is 1. The van der Waals surface area contributed by atoms with Crippen LogP contribution < -0.4 is 0 Å². The van der Waals surface area contributed by atoms with Gasteiger partial charge in [0.1, 0.15) is 6.10 Å². The van der Waals surface area contributed by atoms with E-state index in [4.69, 9.17) is 4.74 Å². The van der Waals surface area contributed by atoms with Crippen LogP contribution in [0.2, 0.25) is 0 Å². The number of benzene rings is 1. The van der Waals surface area contributed by atoms with E-state index in [-0.39, 0.29) is 18.6 Å². The molecule has 0 radical (unpaired) electrons. The van der Waals surface area contributed by atoms with Crippen molar-refractivity contribution in [3.63, 3.8) is 0 Å². The third-order valence-electron chi connectivity index (χ3n) is 4.11. The average molecular weight is 320 g/mol. The molecule has 1 aliphatic heterocycles. The van der Waals surface area contributed by atoms with Gasteiger partial charge in [-0.1, -0.05) is 12.1 Å². The topological polar surface area (TPSA) is 42.4 Å². The van der Waals surface area contributed by atoms with E-state index >= 15 is 0 Å². The molecule has 1 aromatic carbocycles. The zero-order valence-electron chi connectivity index (χ0n) is 12.6. The number of esters is 1. The number of hydrogen-bond acceptors (Lipinski definition) is 4. The third kappa shape index (κ3) is 3.82. The highest BCUT2D eigenvalue weighted by atomic mass is 19.3. The Morgan fingerprint density at radius 2 is 2.09 bits per heavy atom. The number of carbonyl (C=O) groups is 1. The van der Waals surface area contributed by atoms with Gasteiger partial charge in [0.25, 0.3) is 6.43 Å². The molecule has 6 heteroatoms. The van der Waals surface area contributed by atoms with Gasteiger partial charge in [0.2, 0.25) is 0 Å². The van der Waals surface area contributed by atoms with E-state index in [0.29, 0.717) is 31.5 Å². The summed E-state index contributed by atoms with van der Waals surface area (Å²) in [4.78, 5) is 18.2. The molecule has 1 aliphatic rings. The molecule has 0 atom stereocenters. The summed E-state index contributed by atoms with van der Waals surface area (Å²) in [6, 6.07) is 7.21. The van der Waals surface area contributed by atoms with Gasteiger partial charge in [-0.2, -0.15) is 0 Å². The summed E-state index contributed by atoms with van der Waals surface area (Å²) in [7, 11) is 0. The number of pyridine rings is 1. The van der Waals surface area contributed by atoms with Gasteiger partial charge in [-0.15, -0.1) is 0 Å². The fourth-order valence-electron chi connectivity index (χ4n) is 2.92. The van der Waals surface area contributed by atoms with Crippen molar-refractivity contribution in [3.05, 3.63) is 42.2 Å². The molecule has 1 fully saturated rings. The molecule has 2 heterocycles. The van der Waals surface area contributed by atoms with E-state index in [9.17, 15) is 13.6 Å². The molecule has 1 saturated heterocycles. The van der Waals surface area contributed by atoms with E-state index in [1.165, 1.54) is 0 Å². The molecule has 0 unspecified atom stereocenters. The Bertz CT molecular complexity index is 680. The van der Waals surface area contributed by atoms with Crippen LogP contribution in [-0.2, 0) is 4.74 Å². The molecule has 4 nitrogen and oxygen atoms in total. The Hall–Kier alpha value is -2.08. The molecule has 0 N–H and O–H groups in total. The van der Waals surface area contributed by atoms with Gasteiger partial charge in [0.15, 0.2) is 0 Å². The number of fused-ring (bicyclic) bond motifs is 1. The second kappa shape index (κ2) is 7.00. The van der Waals surface area contributed by atoms with Crippen molar-refractivity contribution < 1.29 is 18.3 Å². The molecule has 0 bridgehead atoms. The molecular formula is C17H18F2N2O2. The molecule has 0 spiro atoms. The molecule has 3 rings (SSSR count). The maximum atomic E-state index is 12.4. The first kappa shape index (κ1) is 15.8. The highest BCUT2D eigenvalue weighted by molar-refractivity contribution is 6.04. The predicted molar refractivity (Wildman–Crippen MR) is 82.6 cm³/mol. The highest BCUT2D eigenvalue weighted by Crippen LogP contribution is 2.21. The second-order valence-corrected chi connectivity index (χ2v) is 5.70. The summed E-state index contributed by atoms with van der Waals surface area (Å²) < 4.78 is 30.3. The van der Waals surface area contributed by atoms with Gasteiger partial charge >= 0.3 is 5.97 Å². The molecule has 2 aromatic rings. The second-order valence-electron chi connectivity index (χ2n) is 5.70. The number of hydrogen-bond donors (Lipinski definition) is 0. The summed E-state index contributed by atoms with van der Waals surface area (Å²) in [5, 5.41) is 1.69. The lowest BCUT2D eigenvalue weighted by molar-refractivity contribution is 0.00243. The first-order valence-electron chi connectivity index (χ1n) is 7.67. The van der Waals surface area contributed by atoms with Crippen LogP contribution in [0.25, 0.3) is 10.8 Å². The van der Waals surface area contributed by atoms with Gasteiger partial charge in [-0.05, 0) is 30.4 Å². The fourth-order valence-corrected chi connectivity index (χ4v) is 2.92. The number of piperidine rings is 1. The Kier molecular flexibility index (Phi) is 4.81. The van der Waals surface area contributed by atoms with E-state index < -0.39 is 6.43 Å². The SMILES string of the molecule is O=C(OC1CCN(CC(F)F)CC1)c1cccc2cnccc12. The Morgan fingerprint density at radius 1 is 1.30 bits per heavy atom. The van der Waals surface area contributed by atoms with E-state index in [1.54, 1.807) is 35.5 Å². The number of alkyl halides is 2. The smallest absolute Gasteiger partial charge is 0.339 e. The van der Waals surface area contributed by atoms with Gasteiger partial charge < -0.3 is 4.74 Å². The Morgan fingerprint density at radius 3 is 2.83 bits per heavy atom. The summed E-state index contributed by atoms with van der Waals surface area (Å²) in [6.45, 7) is 0.848. The lowest BCUT2D eigenvalue weighted by Gasteiger charge is -2.31. The van der Waals surface area contributed by atoms with Gasteiger partial charge in [-0.25, -0.2) is 13.6 Å². The van der Waals surface area contributed by atoms with Crippen LogP contribution in [0, 0.1) is 0 Å². The maximum absolute atomic E-state index is 12.4. The largest absolute Gasteiger partial charge is 0.459 e. The zero-order chi connectivity index (χ0) is 16.2. The van der Waals surface area contributed by atoms with Crippen molar-refractivity contribution in [3.8, 4) is 0 Å². The minimum absolute atomic E-state index is 0.211.